The minimum atomic E-state index is -0.206. The number of hydrogen-bond donors (Lipinski definition) is 1. The fourth-order valence-electron chi connectivity index (χ4n) is 5.93. The fourth-order valence-corrected chi connectivity index (χ4v) is 5.93. The van der Waals surface area contributed by atoms with Crippen molar-refractivity contribution in [2.24, 2.45) is 5.92 Å². The van der Waals surface area contributed by atoms with Gasteiger partial charge in [0.05, 0.1) is 23.5 Å². The first-order chi connectivity index (χ1) is 20.1. The Balaban J connectivity index is 1.31. The Morgan fingerprint density at radius 1 is 1.07 bits per heavy atom. The average Bonchev–Trinajstić information content (AvgIpc) is 3.41. The molecule has 0 radical (unpaired) electrons. The van der Waals surface area contributed by atoms with Crippen LogP contribution >= 0.6 is 0 Å². The van der Waals surface area contributed by atoms with E-state index < -0.39 is 0 Å². The minimum absolute atomic E-state index is 0.206. The van der Waals surface area contributed by atoms with E-state index in [9.17, 15) is 4.79 Å². The molecule has 9 heteroatoms. The van der Waals surface area contributed by atoms with Crippen LogP contribution in [0.5, 0.6) is 0 Å². The van der Waals surface area contributed by atoms with E-state index >= 15 is 0 Å². The van der Waals surface area contributed by atoms with Gasteiger partial charge >= 0.3 is 0 Å². The SMILES string of the molecule is CC#Cc1cc2cnc(Nc3ccc(CC4CCN(C)C4)cc3)nc2n(Cc2nccnc2C2CCOCC2)c1=O. The van der Waals surface area contributed by atoms with Gasteiger partial charge in [0.25, 0.3) is 5.56 Å². The first kappa shape index (κ1) is 27.1. The molecule has 1 unspecified atom stereocenters. The van der Waals surface area contributed by atoms with Crippen molar-refractivity contribution in [2.45, 2.75) is 45.1 Å². The van der Waals surface area contributed by atoms with Gasteiger partial charge in [-0.15, -0.1) is 5.92 Å². The van der Waals surface area contributed by atoms with Crippen molar-refractivity contribution >= 4 is 22.7 Å². The Morgan fingerprint density at radius 2 is 1.88 bits per heavy atom. The number of nitrogens with zero attached hydrogens (tertiary/aromatic N) is 6. The van der Waals surface area contributed by atoms with Gasteiger partial charge in [0.15, 0.2) is 0 Å². The lowest BCUT2D eigenvalue weighted by atomic mass is 9.94. The fraction of sp³-hybridized carbons (Fsp3) is 0.406. The van der Waals surface area contributed by atoms with Gasteiger partial charge in [0.1, 0.15) is 5.65 Å². The minimum Gasteiger partial charge on any atom is -0.381 e. The highest BCUT2D eigenvalue weighted by molar-refractivity contribution is 5.77. The largest absolute Gasteiger partial charge is 0.381 e. The van der Waals surface area contributed by atoms with E-state index in [2.05, 4.69) is 68.3 Å². The molecule has 5 heterocycles. The number of likely N-dealkylation sites (tertiary alicyclic amines) is 1. The van der Waals surface area contributed by atoms with Crippen molar-refractivity contribution in [1.29, 1.82) is 0 Å². The van der Waals surface area contributed by atoms with Crippen LogP contribution in [0.4, 0.5) is 11.6 Å². The predicted octanol–water partition coefficient (Wildman–Crippen LogP) is 4.13. The molecule has 2 saturated heterocycles. The zero-order valence-corrected chi connectivity index (χ0v) is 23.6. The van der Waals surface area contributed by atoms with Gasteiger partial charge in [0.2, 0.25) is 5.95 Å². The summed E-state index contributed by atoms with van der Waals surface area (Å²) in [5, 5.41) is 4.06. The second kappa shape index (κ2) is 12.2. The van der Waals surface area contributed by atoms with E-state index in [1.807, 2.05) is 0 Å². The van der Waals surface area contributed by atoms with Crippen molar-refractivity contribution in [2.75, 3.05) is 38.7 Å². The van der Waals surface area contributed by atoms with E-state index in [-0.39, 0.29) is 18.0 Å². The summed E-state index contributed by atoms with van der Waals surface area (Å²) in [5.41, 5.74) is 4.64. The molecular formula is C32H35N7O2. The van der Waals surface area contributed by atoms with Crippen molar-refractivity contribution in [1.82, 2.24) is 29.4 Å². The molecule has 1 N–H and O–H groups in total. The van der Waals surface area contributed by atoms with Crippen LogP contribution in [0, 0.1) is 17.8 Å². The van der Waals surface area contributed by atoms with Gasteiger partial charge < -0.3 is 15.0 Å². The summed E-state index contributed by atoms with van der Waals surface area (Å²) in [6.45, 7) is 5.70. The Bertz CT molecular complexity index is 1650. The number of nitrogens with one attached hydrogen (secondary N) is 1. The van der Waals surface area contributed by atoms with E-state index in [1.165, 1.54) is 18.5 Å². The summed E-state index contributed by atoms with van der Waals surface area (Å²) in [6, 6.07) is 10.2. The number of benzene rings is 1. The normalized spacial score (nSPS) is 17.9. The average molecular weight is 550 g/mol. The summed E-state index contributed by atoms with van der Waals surface area (Å²) in [5.74, 6) is 7.19. The van der Waals surface area contributed by atoms with E-state index in [0.29, 0.717) is 36.3 Å². The smallest absolute Gasteiger partial charge is 0.268 e. The van der Waals surface area contributed by atoms with E-state index in [4.69, 9.17) is 9.72 Å². The molecule has 210 valence electrons. The van der Waals surface area contributed by atoms with Crippen molar-refractivity contribution in [3.8, 4) is 11.8 Å². The third-order valence-corrected chi connectivity index (χ3v) is 8.03. The molecule has 0 saturated carbocycles. The van der Waals surface area contributed by atoms with Gasteiger partial charge in [-0.1, -0.05) is 18.1 Å². The monoisotopic (exact) mass is 549 g/mol. The number of rotatable bonds is 7. The summed E-state index contributed by atoms with van der Waals surface area (Å²) in [6.07, 6.45) is 9.24. The first-order valence-corrected chi connectivity index (χ1v) is 14.3. The second-order valence-electron chi connectivity index (χ2n) is 11.0. The molecule has 2 fully saturated rings. The maximum atomic E-state index is 13.6. The van der Waals surface area contributed by atoms with Crippen LogP contribution in [0.25, 0.3) is 11.0 Å². The van der Waals surface area contributed by atoms with Crippen LogP contribution in [0.1, 0.15) is 54.6 Å². The molecule has 3 aromatic heterocycles. The Hall–Kier alpha value is -4.13. The third kappa shape index (κ3) is 6.14. The Kier molecular flexibility index (Phi) is 8.03. The van der Waals surface area contributed by atoms with Gasteiger partial charge in [-0.2, -0.15) is 4.98 Å². The topological polar surface area (TPSA) is 98.1 Å². The van der Waals surface area contributed by atoms with Crippen LogP contribution in [0.15, 0.2) is 53.7 Å². The van der Waals surface area contributed by atoms with Crippen LogP contribution in [-0.4, -0.2) is 62.8 Å². The number of fused-ring (bicyclic) bond motifs is 1. The molecule has 2 aliphatic rings. The summed E-state index contributed by atoms with van der Waals surface area (Å²) >= 11 is 0. The van der Waals surface area contributed by atoms with E-state index in [0.717, 1.165) is 48.3 Å². The molecule has 0 spiro atoms. The number of aromatic nitrogens is 5. The highest BCUT2D eigenvalue weighted by Gasteiger charge is 2.23. The van der Waals surface area contributed by atoms with Crippen LogP contribution < -0.4 is 10.9 Å². The molecule has 6 rings (SSSR count). The molecule has 4 aromatic rings. The molecule has 1 atom stereocenters. The molecule has 9 nitrogen and oxygen atoms in total. The molecule has 1 aromatic carbocycles. The molecule has 41 heavy (non-hydrogen) atoms. The predicted molar refractivity (Wildman–Crippen MR) is 159 cm³/mol. The van der Waals surface area contributed by atoms with Crippen molar-refractivity contribution in [3.05, 3.63) is 81.8 Å². The first-order valence-electron chi connectivity index (χ1n) is 14.3. The highest BCUT2D eigenvalue weighted by atomic mass is 16.5. The molecular weight excluding hydrogens is 514 g/mol. The quantitative estimate of drug-likeness (QED) is 0.344. The van der Waals surface area contributed by atoms with Crippen LogP contribution in [0.3, 0.4) is 0 Å². The van der Waals surface area contributed by atoms with E-state index in [1.54, 1.807) is 36.1 Å². The van der Waals surface area contributed by atoms with Gasteiger partial charge in [-0.05, 0) is 75.9 Å². The number of ether oxygens (including phenoxy) is 1. The summed E-state index contributed by atoms with van der Waals surface area (Å²) in [7, 11) is 2.19. The van der Waals surface area contributed by atoms with Gasteiger partial charge in [0, 0.05) is 55.3 Å². The maximum Gasteiger partial charge on any atom is 0.268 e. The molecule has 0 bridgehead atoms. The summed E-state index contributed by atoms with van der Waals surface area (Å²) in [4.78, 5) is 34.7. The number of hydrogen-bond acceptors (Lipinski definition) is 8. The Labute approximate surface area is 240 Å². The number of anilines is 2. The third-order valence-electron chi connectivity index (χ3n) is 8.03. The zero-order chi connectivity index (χ0) is 28.2. The highest BCUT2D eigenvalue weighted by Crippen LogP contribution is 2.28. The second-order valence-corrected chi connectivity index (χ2v) is 11.0. The lowest BCUT2D eigenvalue weighted by Gasteiger charge is -2.23. The summed E-state index contributed by atoms with van der Waals surface area (Å²) < 4.78 is 7.21. The lowest BCUT2D eigenvalue weighted by molar-refractivity contribution is 0.0842. The zero-order valence-electron chi connectivity index (χ0n) is 23.6. The molecule has 0 aliphatic carbocycles. The standard InChI is InChI=1S/C32H35N7O2/c1-3-4-25-18-26-19-35-32(36-27-7-5-22(6-8-27)17-23-9-14-38(2)20-23)37-30(26)39(31(25)40)21-28-29(34-13-12-33-28)24-10-15-41-16-11-24/h5-8,12-13,18-19,23-24H,9-11,14-17,20-21H2,1-2H3,(H,35,36,37). The van der Waals surface area contributed by atoms with Crippen LogP contribution in [0.2, 0.25) is 0 Å². The Morgan fingerprint density at radius 3 is 2.63 bits per heavy atom. The molecule has 2 aliphatic heterocycles. The van der Waals surface area contributed by atoms with Gasteiger partial charge in [-0.3, -0.25) is 19.3 Å². The lowest BCUT2D eigenvalue weighted by Crippen LogP contribution is -2.26. The van der Waals surface area contributed by atoms with Crippen molar-refractivity contribution < 1.29 is 4.74 Å². The number of pyridine rings is 1. The van der Waals surface area contributed by atoms with Gasteiger partial charge in [-0.25, -0.2) is 4.98 Å². The van der Waals surface area contributed by atoms with Crippen molar-refractivity contribution in [3.63, 3.8) is 0 Å². The molecule has 0 amide bonds. The van der Waals surface area contributed by atoms with Crippen LogP contribution in [-0.2, 0) is 17.7 Å². The maximum absolute atomic E-state index is 13.6.